The SMILES string of the molecule is Cc1sc2ncn(Cc3csc(-c4ccc(C(C)C)cc4)n3)c(=O)c2c1C. The van der Waals surface area contributed by atoms with Gasteiger partial charge in [-0.25, -0.2) is 9.97 Å². The van der Waals surface area contributed by atoms with E-state index in [9.17, 15) is 4.79 Å². The number of nitrogens with zero attached hydrogens (tertiary/aromatic N) is 3. The molecule has 0 radical (unpaired) electrons. The average Bonchev–Trinajstić information content (AvgIpc) is 3.23. The van der Waals surface area contributed by atoms with Crippen LogP contribution in [0.15, 0.2) is 40.8 Å². The maximum atomic E-state index is 12.9. The molecule has 0 aliphatic carbocycles. The molecule has 0 aliphatic rings. The molecule has 0 amide bonds. The number of benzene rings is 1. The molecule has 0 saturated heterocycles. The van der Waals surface area contributed by atoms with Gasteiger partial charge in [0.1, 0.15) is 9.84 Å². The Labute approximate surface area is 166 Å². The molecule has 1 aromatic carbocycles. The Morgan fingerprint density at radius 1 is 1.15 bits per heavy atom. The highest BCUT2D eigenvalue weighted by Gasteiger charge is 2.13. The second kappa shape index (κ2) is 7.02. The molecular weight excluding hydrogens is 374 g/mol. The number of thiazole rings is 1. The lowest BCUT2D eigenvalue weighted by Gasteiger charge is -2.05. The van der Waals surface area contributed by atoms with Crippen molar-refractivity contribution in [3.05, 3.63) is 68.0 Å². The van der Waals surface area contributed by atoms with E-state index >= 15 is 0 Å². The fourth-order valence-electron chi connectivity index (χ4n) is 3.08. The lowest BCUT2D eigenvalue weighted by molar-refractivity contribution is 0.735. The van der Waals surface area contributed by atoms with E-state index in [0.717, 1.165) is 36.9 Å². The van der Waals surface area contributed by atoms with Crippen molar-refractivity contribution in [1.82, 2.24) is 14.5 Å². The normalized spacial score (nSPS) is 11.6. The first-order valence-corrected chi connectivity index (χ1v) is 10.6. The van der Waals surface area contributed by atoms with Crippen LogP contribution in [0, 0.1) is 13.8 Å². The largest absolute Gasteiger partial charge is 0.293 e. The van der Waals surface area contributed by atoms with E-state index in [0.29, 0.717) is 12.5 Å². The van der Waals surface area contributed by atoms with Crippen molar-refractivity contribution in [2.45, 2.75) is 40.2 Å². The average molecular weight is 396 g/mol. The number of fused-ring (bicyclic) bond motifs is 1. The van der Waals surface area contributed by atoms with Crippen LogP contribution in [0.4, 0.5) is 0 Å². The molecular formula is C21H21N3OS2. The molecule has 0 bridgehead atoms. The van der Waals surface area contributed by atoms with Gasteiger partial charge in [0.05, 0.1) is 24.0 Å². The van der Waals surface area contributed by atoms with Gasteiger partial charge in [0, 0.05) is 15.8 Å². The van der Waals surface area contributed by atoms with Crippen molar-refractivity contribution in [1.29, 1.82) is 0 Å². The van der Waals surface area contributed by atoms with E-state index in [-0.39, 0.29) is 5.56 Å². The lowest BCUT2D eigenvalue weighted by Crippen LogP contribution is -2.21. The minimum absolute atomic E-state index is 0.0117. The molecule has 138 valence electrons. The molecule has 0 N–H and O–H groups in total. The van der Waals surface area contributed by atoms with Crippen LogP contribution in [-0.2, 0) is 6.54 Å². The summed E-state index contributed by atoms with van der Waals surface area (Å²) >= 11 is 3.18. The van der Waals surface area contributed by atoms with Crippen LogP contribution >= 0.6 is 22.7 Å². The van der Waals surface area contributed by atoms with Crippen molar-refractivity contribution in [2.75, 3.05) is 0 Å². The molecule has 0 unspecified atom stereocenters. The maximum Gasteiger partial charge on any atom is 0.262 e. The Balaban J connectivity index is 1.63. The van der Waals surface area contributed by atoms with Crippen molar-refractivity contribution in [3.8, 4) is 10.6 Å². The van der Waals surface area contributed by atoms with Crippen molar-refractivity contribution < 1.29 is 0 Å². The molecule has 0 spiro atoms. The molecule has 4 rings (SSSR count). The quantitative estimate of drug-likeness (QED) is 0.467. The molecule has 3 aromatic heterocycles. The van der Waals surface area contributed by atoms with Crippen molar-refractivity contribution >= 4 is 32.9 Å². The summed E-state index contributed by atoms with van der Waals surface area (Å²) in [6, 6.07) is 8.56. The van der Waals surface area contributed by atoms with Crippen LogP contribution in [-0.4, -0.2) is 14.5 Å². The third-order valence-electron chi connectivity index (χ3n) is 4.86. The zero-order chi connectivity index (χ0) is 19.1. The monoisotopic (exact) mass is 395 g/mol. The van der Waals surface area contributed by atoms with E-state index in [1.165, 1.54) is 5.56 Å². The second-order valence-electron chi connectivity index (χ2n) is 7.06. The summed E-state index contributed by atoms with van der Waals surface area (Å²) < 4.78 is 1.65. The molecule has 0 aliphatic heterocycles. The Hall–Kier alpha value is -2.31. The zero-order valence-electron chi connectivity index (χ0n) is 15.8. The summed E-state index contributed by atoms with van der Waals surface area (Å²) in [5.74, 6) is 0.518. The van der Waals surface area contributed by atoms with Crippen LogP contribution < -0.4 is 5.56 Å². The highest BCUT2D eigenvalue weighted by atomic mass is 32.1. The molecule has 3 heterocycles. The second-order valence-corrected chi connectivity index (χ2v) is 9.12. The van der Waals surface area contributed by atoms with Gasteiger partial charge in [0.15, 0.2) is 0 Å². The number of hydrogen-bond acceptors (Lipinski definition) is 5. The molecule has 0 atom stereocenters. The number of aromatic nitrogens is 3. The minimum atomic E-state index is 0.0117. The van der Waals surface area contributed by atoms with Gasteiger partial charge in [0.2, 0.25) is 0 Å². The Bertz CT molecular complexity index is 1170. The van der Waals surface area contributed by atoms with Crippen LogP contribution in [0.2, 0.25) is 0 Å². The molecule has 4 aromatic rings. The van der Waals surface area contributed by atoms with E-state index in [2.05, 4.69) is 43.1 Å². The Morgan fingerprint density at radius 3 is 2.59 bits per heavy atom. The Morgan fingerprint density at radius 2 is 1.89 bits per heavy atom. The fraction of sp³-hybridized carbons (Fsp3) is 0.286. The Kier molecular flexibility index (Phi) is 4.70. The van der Waals surface area contributed by atoms with Crippen molar-refractivity contribution in [3.63, 3.8) is 0 Å². The van der Waals surface area contributed by atoms with Gasteiger partial charge in [0.25, 0.3) is 5.56 Å². The van der Waals surface area contributed by atoms with E-state index in [1.54, 1.807) is 33.6 Å². The van der Waals surface area contributed by atoms with Gasteiger partial charge in [-0.3, -0.25) is 9.36 Å². The first kappa shape index (κ1) is 18.1. The summed E-state index contributed by atoms with van der Waals surface area (Å²) in [5, 5.41) is 3.73. The molecule has 0 fully saturated rings. The summed E-state index contributed by atoms with van der Waals surface area (Å²) in [6.45, 7) is 8.84. The molecule has 0 saturated carbocycles. The fourth-order valence-corrected chi connectivity index (χ4v) is 4.88. The number of rotatable bonds is 4. The zero-order valence-corrected chi connectivity index (χ0v) is 17.4. The first-order chi connectivity index (χ1) is 12.9. The first-order valence-electron chi connectivity index (χ1n) is 8.94. The summed E-state index contributed by atoms with van der Waals surface area (Å²) in [7, 11) is 0. The van der Waals surface area contributed by atoms with Crippen LogP contribution in [0.5, 0.6) is 0 Å². The van der Waals surface area contributed by atoms with E-state index in [1.807, 2.05) is 19.2 Å². The van der Waals surface area contributed by atoms with Crippen LogP contribution in [0.1, 0.15) is 41.5 Å². The third kappa shape index (κ3) is 3.35. The predicted octanol–water partition coefficient (Wildman–Crippen LogP) is 5.37. The van der Waals surface area contributed by atoms with Crippen molar-refractivity contribution in [2.24, 2.45) is 0 Å². The highest BCUT2D eigenvalue weighted by Crippen LogP contribution is 2.27. The molecule has 6 heteroatoms. The molecule has 4 nitrogen and oxygen atoms in total. The van der Waals surface area contributed by atoms with Crippen LogP contribution in [0.3, 0.4) is 0 Å². The number of aryl methyl sites for hydroxylation is 2. The maximum absolute atomic E-state index is 12.9. The predicted molar refractivity (Wildman–Crippen MR) is 114 cm³/mol. The smallest absolute Gasteiger partial charge is 0.262 e. The van der Waals surface area contributed by atoms with Gasteiger partial charge in [-0.1, -0.05) is 38.1 Å². The van der Waals surface area contributed by atoms with Gasteiger partial charge in [-0.2, -0.15) is 0 Å². The van der Waals surface area contributed by atoms with Gasteiger partial charge >= 0.3 is 0 Å². The van der Waals surface area contributed by atoms with Crippen LogP contribution in [0.25, 0.3) is 20.8 Å². The van der Waals surface area contributed by atoms with Gasteiger partial charge < -0.3 is 0 Å². The summed E-state index contributed by atoms with van der Waals surface area (Å²) in [6.07, 6.45) is 1.64. The number of thiophene rings is 1. The van der Waals surface area contributed by atoms with Gasteiger partial charge in [-0.05, 0) is 30.9 Å². The number of hydrogen-bond donors (Lipinski definition) is 0. The minimum Gasteiger partial charge on any atom is -0.293 e. The van der Waals surface area contributed by atoms with E-state index in [4.69, 9.17) is 4.98 Å². The summed E-state index contributed by atoms with van der Waals surface area (Å²) in [4.78, 5) is 24.0. The highest BCUT2D eigenvalue weighted by molar-refractivity contribution is 7.18. The summed E-state index contributed by atoms with van der Waals surface area (Å²) in [5.41, 5.74) is 4.36. The topological polar surface area (TPSA) is 47.8 Å². The van der Waals surface area contributed by atoms with E-state index < -0.39 is 0 Å². The lowest BCUT2D eigenvalue weighted by atomic mass is 10.0. The standard InChI is InChI=1S/C21H21N3OS2/c1-12(2)15-5-7-16(8-6-15)19-23-17(10-26-19)9-24-11-22-20-18(21(24)25)13(3)14(4)27-20/h5-8,10-12H,9H2,1-4H3. The molecule has 27 heavy (non-hydrogen) atoms. The van der Waals surface area contributed by atoms with Gasteiger partial charge in [-0.15, -0.1) is 22.7 Å². The third-order valence-corrected chi connectivity index (χ3v) is 6.92.